The lowest BCUT2D eigenvalue weighted by Gasteiger charge is -2.13. The Labute approximate surface area is 103 Å². The molecular formula is C10H15N3O3S. The van der Waals surface area contributed by atoms with E-state index in [-0.39, 0.29) is 12.5 Å². The summed E-state index contributed by atoms with van der Waals surface area (Å²) in [5.74, 6) is -0.658. The second-order valence-corrected chi connectivity index (χ2v) is 4.43. The number of carboxylic acids is 1. The molecule has 1 atom stereocenters. The molecule has 0 bridgehead atoms. The van der Waals surface area contributed by atoms with Gasteiger partial charge in [-0.15, -0.1) is 0 Å². The minimum Gasteiger partial charge on any atom is -0.480 e. The molecule has 1 amide bonds. The zero-order chi connectivity index (χ0) is 12.7. The smallest absolute Gasteiger partial charge is 0.326 e. The molecule has 7 heteroatoms. The van der Waals surface area contributed by atoms with Crippen molar-refractivity contribution in [1.29, 1.82) is 0 Å². The van der Waals surface area contributed by atoms with Crippen molar-refractivity contribution >= 4 is 23.6 Å². The summed E-state index contributed by atoms with van der Waals surface area (Å²) in [6, 6.07) is 0.876. The van der Waals surface area contributed by atoms with E-state index in [2.05, 4.69) is 10.4 Å². The van der Waals surface area contributed by atoms with Crippen molar-refractivity contribution in [1.82, 2.24) is 15.1 Å². The minimum atomic E-state index is -1.01. The van der Waals surface area contributed by atoms with Crippen LogP contribution in [0.3, 0.4) is 0 Å². The second-order valence-electron chi connectivity index (χ2n) is 3.44. The highest BCUT2D eigenvalue weighted by Crippen LogP contribution is 2.01. The van der Waals surface area contributed by atoms with Gasteiger partial charge in [0.05, 0.1) is 0 Å². The van der Waals surface area contributed by atoms with Crippen molar-refractivity contribution in [2.45, 2.75) is 19.0 Å². The predicted molar refractivity (Wildman–Crippen MR) is 64.8 cm³/mol. The Morgan fingerprint density at radius 1 is 1.59 bits per heavy atom. The maximum Gasteiger partial charge on any atom is 0.326 e. The fourth-order valence-corrected chi connectivity index (χ4v) is 1.75. The van der Waals surface area contributed by atoms with Gasteiger partial charge in [-0.3, -0.25) is 9.48 Å². The van der Waals surface area contributed by atoms with Crippen LogP contribution in [-0.4, -0.2) is 44.8 Å². The highest BCUT2D eigenvalue weighted by Gasteiger charge is 2.19. The maximum absolute atomic E-state index is 11.5. The highest BCUT2D eigenvalue weighted by molar-refractivity contribution is 7.98. The molecule has 1 aromatic rings. The van der Waals surface area contributed by atoms with Crippen molar-refractivity contribution < 1.29 is 14.7 Å². The fourth-order valence-electron chi connectivity index (χ4n) is 1.27. The summed E-state index contributed by atoms with van der Waals surface area (Å²) in [5, 5.41) is 15.3. The van der Waals surface area contributed by atoms with Gasteiger partial charge >= 0.3 is 5.97 Å². The van der Waals surface area contributed by atoms with E-state index < -0.39 is 12.0 Å². The van der Waals surface area contributed by atoms with E-state index in [4.69, 9.17) is 5.11 Å². The Morgan fingerprint density at radius 3 is 2.88 bits per heavy atom. The average Bonchev–Trinajstić information content (AvgIpc) is 2.76. The molecule has 1 rings (SSSR count). The van der Waals surface area contributed by atoms with Gasteiger partial charge in [-0.1, -0.05) is 0 Å². The van der Waals surface area contributed by atoms with Crippen molar-refractivity contribution in [3.05, 3.63) is 18.5 Å². The fraction of sp³-hybridized carbons (Fsp3) is 0.500. The number of hydrogen-bond donors (Lipinski definition) is 2. The molecule has 0 radical (unpaired) electrons. The van der Waals surface area contributed by atoms with Gasteiger partial charge in [-0.05, 0) is 24.5 Å². The lowest BCUT2D eigenvalue weighted by atomic mass is 10.2. The van der Waals surface area contributed by atoms with Crippen LogP contribution in [-0.2, 0) is 16.1 Å². The molecule has 0 aliphatic heterocycles. The molecule has 0 aliphatic carbocycles. The molecule has 6 nitrogen and oxygen atoms in total. The van der Waals surface area contributed by atoms with Gasteiger partial charge in [0.15, 0.2) is 0 Å². The zero-order valence-corrected chi connectivity index (χ0v) is 10.3. The monoisotopic (exact) mass is 257 g/mol. The van der Waals surface area contributed by atoms with Crippen LogP contribution in [0.5, 0.6) is 0 Å². The summed E-state index contributed by atoms with van der Waals surface area (Å²) in [6.07, 6.45) is 5.53. The van der Waals surface area contributed by atoms with Crippen LogP contribution in [0, 0.1) is 0 Å². The third-order valence-electron chi connectivity index (χ3n) is 2.11. The lowest BCUT2D eigenvalue weighted by molar-refractivity contribution is -0.142. The van der Waals surface area contributed by atoms with Gasteiger partial charge in [-0.2, -0.15) is 16.9 Å². The number of carbonyl (C=O) groups is 2. The molecule has 2 N–H and O–H groups in total. The molecule has 0 fully saturated rings. The highest BCUT2D eigenvalue weighted by atomic mass is 32.2. The molecule has 0 saturated carbocycles. The van der Waals surface area contributed by atoms with Crippen LogP contribution < -0.4 is 5.32 Å². The number of aliphatic carboxylic acids is 1. The third kappa shape index (κ3) is 4.90. The quantitative estimate of drug-likeness (QED) is 0.729. The predicted octanol–water partition coefficient (Wildman–Crippen LogP) is 0.206. The molecule has 0 aliphatic rings. The lowest BCUT2D eigenvalue weighted by Crippen LogP contribution is -2.42. The number of thioether (sulfide) groups is 1. The Bertz CT molecular complexity index is 367. The Morgan fingerprint density at radius 2 is 2.35 bits per heavy atom. The normalized spacial score (nSPS) is 12.1. The number of nitrogens with zero attached hydrogens (tertiary/aromatic N) is 2. The number of aromatic nitrogens is 2. The van der Waals surface area contributed by atoms with E-state index in [0.29, 0.717) is 12.2 Å². The van der Waals surface area contributed by atoms with E-state index in [1.54, 1.807) is 30.2 Å². The number of rotatable bonds is 7. The van der Waals surface area contributed by atoms with Gasteiger partial charge in [0, 0.05) is 12.4 Å². The van der Waals surface area contributed by atoms with Crippen LogP contribution in [0.2, 0.25) is 0 Å². The molecule has 0 saturated heterocycles. The maximum atomic E-state index is 11.5. The van der Waals surface area contributed by atoms with Crippen LogP contribution in [0.1, 0.15) is 6.42 Å². The number of carboxylic acid groups (broad SMARTS) is 1. The molecule has 0 unspecified atom stereocenters. The van der Waals surface area contributed by atoms with Crippen LogP contribution in [0.4, 0.5) is 0 Å². The molecular weight excluding hydrogens is 242 g/mol. The standard InChI is InChI=1S/C10H15N3O3S/c1-17-6-3-8(10(15)16)12-9(14)7-13-5-2-4-11-13/h2,4-5,8H,3,6-7H2,1H3,(H,12,14)(H,15,16)/t8-/m0/s1. The van der Waals surface area contributed by atoms with Gasteiger partial charge in [-0.25, -0.2) is 4.79 Å². The SMILES string of the molecule is CSCC[C@H](NC(=O)Cn1cccn1)C(=O)O. The third-order valence-corrected chi connectivity index (χ3v) is 2.75. The average molecular weight is 257 g/mol. The summed E-state index contributed by atoms with van der Waals surface area (Å²) < 4.78 is 1.45. The van der Waals surface area contributed by atoms with Crippen LogP contribution in [0.15, 0.2) is 18.5 Å². The van der Waals surface area contributed by atoms with E-state index in [1.165, 1.54) is 4.68 Å². The molecule has 94 valence electrons. The van der Waals surface area contributed by atoms with Crippen LogP contribution >= 0.6 is 11.8 Å². The van der Waals surface area contributed by atoms with Gasteiger partial charge in [0.25, 0.3) is 0 Å². The first kappa shape index (κ1) is 13.6. The summed E-state index contributed by atoms with van der Waals surface area (Å²) in [7, 11) is 0. The number of amides is 1. The van der Waals surface area contributed by atoms with Gasteiger partial charge in [0.1, 0.15) is 12.6 Å². The summed E-state index contributed by atoms with van der Waals surface area (Å²) in [4.78, 5) is 22.4. The van der Waals surface area contributed by atoms with E-state index in [9.17, 15) is 9.59 Å². The first-order chi connectivity index (χ1) is 8.13. The Hall–Kier alpha value is -1.50. The first-order valence-corrected chi connectivity index (χ1v) is 6.51. The van der Waals surface area contributed by atoms with Crippen LogP contribution in [0.25, 0.3) is 0 Å². The topological polar surface area (TPSA) is 84.2 Å². The van der Waals surface area contributed by atoms with Crippen molar-refractivity contribution in [2.75, 3.05) is 12.0 Å². The summed E-state index contributed by atoms with van der Waals surface area (Å²) in [5.41, 5.74) is 0. The van der Waals surface area contributed by atoms with E-state index in [0.717, 1.165) is 0 Å². The van der Waals surface area contributed by atoms with E-state index in [1.807, 2.05) is 6.26 Å². The number of nitrogens with one attached hydrogen (secondary N) is 1. The molecule has 0 aromatic carbocycles. The minimum absolute atomic E-state index is 0.0377. The van der Waals surface area contributed by atoms with Gasteiger partial charge in [0.2, 0.25) is 5.91 Å². The number of hydrogen-bond acceptors (Lipinski definition) is 4. The summed E-state index contributed by atoms with van der Waals surface area (Å²) >= 11 is 1.55. The molecule has 0 spiro atoms. The first-order valence-electron chi connectivity index (χ1n) is 5.12. The van der Waals surface area contributed by atoms with Crippen molar-refractivity contribution in [3.8, 4) is 0 Å². The largest absolute Gasteiger partial charge is 0.480 e. The summed E-state index contributed by atoms with van der Waals surface area (Å²) in [6.45, 7) is 0.0377. The Kier molecular flexibility index (Phi) is 5.55. The molecule has 1 heterocycles. The van der Waals surface area contributed by atoms with E-state index >= 15 is 0 Å². The Balaban J connectivity index is 2.43. The molecule has 17 heavy (non-hydrogen) atoms. The van der Waals surface area contributed by atoms with Crippen molar-refractivity contribution in [3.63, 3.8) is 0 Å². The zero-order valence-electron chi connectivity index (χ0n) is 9.50. The van der Waals surface area contributed by atoms with Gasteiger partial charge < -0.3 is 10.4 Å². The second kappa shape index (κ2) is 6.95. The van der Waals surface area contributed by atoms with Crippen molar-refractivity contribution in [2.24, 2.45) is 0 Å². The number of carbonyl (C=O) groups excluding carboxylic acids is 1. The molecule has 1 aromatic heterocycles.